The Morgan fingerprint density at radius 1 is 1.28 bits per heavy atom. The number of carbonyl (C=O) groups is 1. The first-order valence-corrected chi connectivity index (χ1v) is 7.50. The molecule has 0 fully saturated rings. The second-order valence-corrected chi connectivity index (χ2v) is 7.03. The molecule has 0 aliphatic heterocycles. The van der Waals surface area contributed by atoms with Crippen LogP contribution in [0.4, 0.5) is 0 Å². The highest BCUT2D eigenvalue weighted by Gasteiger charge is 2.13. The molecule has 0 radical (unpaired) electrons. The van der Waals surface area contributed by atoms with Gasteiger partial charge in [0.15, 0.2) is 5.78 Å². The Hall–Kier alpha value is -0.640. The lowest BCUT2D eigenvalue weighted by atomic mass is 10.0. The fourth-order valence-corrected chi connectivity index (χ4v) is 3.31. The van der Waals surface area contributed by atoms with E-state index in [9.17, 15) is 4.79 Å². The van der Waals surface area contributed by atoms with Gasteiger partial charge in [-0.3, -0.25) is 4.79 Å². The van der Waals surface area contributed by atoms with Crippen LogP contribution in [0.25, 0.3) is 0 Å². The summed E-state index contributed by atoms with van der Waals surface area (Å²) in [5, 5.41) is 0.600. The average molecular weight is 344 g/mol. The van der Waals surface area contributed by atoms with Crippen molar-refractivity contribution in [2.45, 2.75) is 20.3 Å². The van der Waals surface area contributed by atoms with E-state index >= 15 is 0 Å². The normalized spacial score (nSPS) is 10.7. The van der Waals surface area contributed by atoms with E-state index in [0.29, 0.717) is 16.3 Å². The van der Waals surface area contributed by atoms with Crippen molar-refractivity contribution in [1.82, 2.24) is 0 Å². The Bertz CT molecular complexity index is 584. The molecule has 0 spiro atoms. The molecule has 94 valence electrons. The van der Waals surface area contributed by atoms with Crippen molar-refractivity contribution < 1.29 is 4.79 Å². The summed E-state index contributed by atoms with van der Waals surface area (Å²) >= 11 is 10.6. The Morgan fingerprint density at radius 2 is 2.00 bits per heavy atom. The fraction of sp³-hybridized carbons (Fsp3) is 0.214. The van der Waals surface area contributed by atoms with E-state index in [-0.39, 0.29) is 5.78 Å². The molecule has 2 rings (SSSR count). The zero-order valence-electron chi connectivity index (χ0n) is 10.1. The third-order valence-corrected chi connectivity index (χ3v) is 5.37. The van der Waals surface area contributed by atoms with Crippen LogP contribution in [0.1, 0.15) is 26.4 Å². The molecule has 0 aliphatic carbocycles. The third-order valence-electron chi connectivity index (χ3n) is 2.86. The first kappa shape index (κ1) is 13.8. The number of Topliss-reactive ketones (excluding diaryl/α,β-unsaturated/α-hetero) is 1. The summed E-state index contributed by atoms with van der Waals surface area (Å²) in [5.41, 5.74) is 3.50. The second kappa shape index (κ2) is 5.55. The maximum atomic E-state index is 12.1. The van der Waals surface area contributed by atoms with Crippen LogP contribution in [0.15, 0.2) is 28.1 Å². The molecule has 1 nitrogen and oxygen atoms in total. The molecule has 4 heteroatoms. The van der Waals surface area contributed by atoms with Crippen molar-refractivity contribution in [3.63, 3.8) is 0 Å². The number of rotatable bonds is 3. The molecule has 1 aromatic heterocycles. The van der Waals surface area contributed by atoms with Crippen LogP contribution >= 0.6 is 38.9 Å². The lowest BCUT2D eigenvalue weighted by molar-refractivity contribution is 0.0997. The van der Waals surface area contributed by atoms with Crippen LogP contribution in [-0.2, 0) is 6.42 Å². The van der Waals surface area contributed by atoms with E-state index in [2.05, 4.69) is 41.9 Å². The Morgan fingerprint density at radius 3 is 2.56 bits per heavy atom. The fourth-order valence-electron chi connectivity index (χ4n) is 1.67. The molecule has 2 aromatic rings. The number of hydrogen-bond acceptors (Lipinski definition) is 2. The molecule has 0 N–H and O–H groups in total. The van der Waals surface area contributed by atoms with Crippen LogP contribution in [0.5, 0.6) is 0 Å². The van der Waals surface area contributed by atoms with Crippen molar-refractivity contribution in [3.05, 3.63) is 54.6 Å². The highest BCUT2D eigenvalue weighted by atomic mass is 79.9. The smallest absolute Gasteiger partial charge is 0.177 e. The largest absolute Gasteiger partial charge is 0.293 e. The van der Waals surface area contributed by atoms with Gasteiger partial charge in [0, 0.05) is 6.42 Å². The number of carbonyl (C=O) groups excluding carboxylic acids is 1. The molecule has 0 saturated carbocycles. The number of thiophene rings is 1. The van der Waals surface area contributed by atoms with Gasteiger partial charge in [-0.25, -0.2) is 0 Å². The molecular weight excluding hydrogens is 332 g/mol. The van der Waals surface area contributed by atoms with Crippen molar-refractivity contribution in [2.24, 2.45) is 0 Å². The number of aryl methyl sites for hydroxylation is 2. The molecule has 0 amide bonds. The predicted octanol–water partition coefficient (Wildman–Crippen LogP) is 5.21. The van der Waals surface area contributed by atoms with Crippen molar-refractivity contribution in [3.8, 4) is 0 Å². The summed E-state index contributed by atoms with van der Waals surface area (Å²) < 4.78 is 0.813. The zero-order chi connectivity index (χ0) is 13.3. The molecular formula is C14H12BrClOS. The van der Waals surface area contributed by atoms with E-state index in [1.807, 2.05) is 6.07 Å². The molecule has 0 saturated heterocycles. The van der Waals surface area contributed by atoms with Gasteiger partial charge in [0.05, 0.1) is 13.7 Å². The van der Waals surface area contributed by atoms with Crippen LogP contribution in [0.2, 0.25) is 5.02 Å². The first-order chi connectivity index (χ1) is 8.47. The highest BCUT2D eigenvalue weighted by molar-refractivity contribution is 9.11. The van der Waals surface area contributed by atoms with Gasteiger partial charge in [-0.2, -0.15) is 0 Å². The summed E-state index contributed by atoms with van der Waals surface area (Å²) in [6, 6.07) is 7.84. The van der Waals surface area contributed by atoms with E-state index in [4.69, 9.17) is 11.6 Å². The summed E-state index contributed by atoms with van der Waals surface area (Å²) in [6.07, 6.45) is 0.421. The molecule has 1 heterocycles. The van der Waals surface area contributed by atoms with Crippen LogP contribution in [-0.4, -0.2) is 5.78 Å². The van der Waals surface area contributed by atoms with E-state index in [0.717, 1.165) is 9.35 Å². The lowest BCUT2D eigenvalue weighted by Gasteiger charge is -2.03. The minimum absolute atomic E-state index is 0.107. The van der Waals surface area contributed by atoms with Crippen LogP contribution < -0.4 is 0 Å². The number of hydrogen-bond donors (Lipinski definition) is 0. The Balaban J connectivity index is 2.18. The average Bonchev–Trinajstić information content (AvgIpc) is 2.65. The van der Waals surface area contributed by atoms with Crippen molar-refractivity contribution in [1.29, 1.82) is 0 Å². The minimum Gasteiger partial charge on any atom is -0.293 e. The van der Waals surface area contributed by atoms with Gasteiger partial charge in [0.25, 0.3) is 0 Å². The quantitative estimate of drug-likeness (QED) is 0.699. The SMILES string of the molecule is Cc1ccc(CC(=O)c2cc(Cl)c(Br)s2)cc1C. The van der Waals surface area contributed by atoms with Gasteiger partial charge < -0.3 is 0 Å². The second-order valence-electron chi connectivity index (χ2n) is 4.25. The molecule has 0 atom stereocenters. The van der Waals surface area contributed by atoms with Gasteiger partial charge >= 0.3 is 0 Å². The molecule has 0 bridgehead atoms. The summed E-state index contributed by atoms with van der Waals surface area (Å²) in [7, 11) is 0. The van der Waals surface area contributed by atoms with E-state index in [1.165, 1.54) is 22.5 Å². The third kappa shape index (κ3) is 3.02. The molecule has 0 unspecified atom stereocenters. The van der Waals surface area contributed by atoms with E-state index in [1.54, 1.807) is 6.07 Å². The van der Waals surface area contributed by atoms with E-state index < -0.39 is 0 Å². The Kier molecular flexibility index (Phi) is 4.25. The van der Waals surface area contributed by atoms with Crippen LogP contribution in [0.3, 0.4) is 0 Å². The van der Waals surface area contributed by atoms with Crippen molar-refractivity contribution >= 4 is 44.7 Å². The molecule has 18 heavy (non-hydrogen) atoms. The monoisotopic (exact) mass is 342 g/mol. The number of benzene rings is 1. The standard InChI is InChI=1S/C14H12BrClOS/c1-8-3-4-10(5-9(8)2)6-12(17)13-7-11(16)14(15)18-13/h3-5,7H,6H2,1-2H3. The lowest BCUT2D eigenvalue weighted by Crippen LogP contribution is -2.01. The van der Waals surface area contributed by atoms with Gasteiger partial charge in [-0.15, -0.1) is 11.3 Å². The minimum atomic E-state index is 0.107. The topological polar surface area (TPSA) is 17.1 Å². The Labute approximate surface area is 124 Å². The highest BCUT2D eigenvalue weighted by Crippen LogP contribution is 2.32. The maximum Gasteiger partial charge on any atom is 0.177 e. The molecule has 0 aliphatic rings. The van der Waals surface area contributed by atoms with Gasteiger partial charge in [-0.1, -0.05) is 29.8 Å². The van der Waals surface area contributed by atoms with Crippen molar-refractivity contribution in [2.75, 3.05) is 0 Å². The van der Waals surface area contributed by atoms with Gasteiger partial charge in [0.1, 0.15) is 0 Å². The van der Waals surface area contributed by atoms with Gasteiger partial charge in [-0.05, 0) is 52.5 Å². The summed E-state index contributed by atoms with van der Waals surface area (Å²) in [5.74, 6) is 0.107. The first-order valence-electron chi connectivity index (χ1n) is 5.51. The molecule has 1 aromatic carbocycles. The van der Waals surface area contributed by atoms with Gasteiger partial charge in [0.2, 0.25) is 0 Å². The summed E-state index contributed by atoms with van der Waals surface area (Å²) in [4.78, 5) is 12.8. The summed E-state index contributed by atoms with van der Waals surface area (Å²) in [6.45, 7) is 4.12. The predicted molar refractivity (Wildman–Crippen MR) is 81.0 cm³/mol. The number of ketones is 1. The maximum absolute atomic E-state index is 12.1. The number of halogens is 2. The van der Waals surface area contributed by atoms with Crippen LogP contribution in [0, 0.1) is 13.8 Å². The zero-order valence-corrected chi connectivity index (χ0v) is 13.2.